The van der Waals surface area contributed by atoms with Gasteiger partial charge in [0.25, 0.3) is 0 Å². The van der Waals surface area contributed by atoms with Crippen LogP contribution in [-0.2, 0) is 0 Å². The summed E-state index contributed by atoms with van der Waals surface area (Å²) in [6, 6.07) is 6.92. The number of hydrogen-bond acceptors (Lipinski definition) is 5. The van der Waals surface area contributed by atoms with Gasteiger partial charge in [-0.05, 0) is 43.4 Å². The third-order valence-electron chi connectivity index (χ3n) is 2.89. The molecule has 0 atom stereocenters. The number of hydrogen-bond donors (Lipinski definition) is 3. The Kier molecular flexibility index (Phi) is 3.90. The van der Waals surface area contributed by atoms with Gasteiger partial charge in [0.1, 0.15) is 11.4 Å². The molecule has 3 rings (SSSR count). The van der Waals surface area contributed by atoms with E-state index in [2.05, 4.69) is 41.4 Å². The molecule has 7 nitrogen and oxygen atoms in total. The second-order valence-electron chi connectivity index (χ2n) is 4.55. The lowest BCUT2D eigenvalue weighted by Gasteiger charge is -2.00. The Hall–Kier alpha value is -2.26. The van der Waals surface area contributed by atoms with Crippen molar-refractivity contribution in [2.75, 3.05) is 0 Å². The summed E-state index contributed by atoms with van der Waals surface area (Å²) in [5, 5.41) is 27.9. The topological polar surface area (TPSA) is 94.9 Å². The second kappa shape index (κ2) is 5.85. The average Bonchev–Trinajstić information content (AvgIpc) is 3.06. The van der Waals surface area contributed by atoms with Gasteiger partial charge in [0.05, 0.1) is 6.21 Å². The predicted molar refractivity (Wildman–Crippen MR) is 88.5 cm³/mol. The number of aromatic hydroxyl groups is 1. The molecule has 112 valence electrons. The summed E-state index contributed by atoms with van der Waals surface area (Å²) < 4.78 is 2.62. The molecule has 0 aliphatic rings. The monoisotopic (exact) mass is 378 g/mol. The molecule has 0 fully saturated rings. The highest BCUT2D eigenvalue weighted by Crippen LogP contribution is 2.21. The van der Waals surface area contributed by atoms with Gasteiger partial charge < -0.3 is 5.11 Å². The van der Waals surface area contributed by atoms with Crippen LogP contribution in [0.25, 0.3) is 11.5 Å². The van der Waals surface area contributed by atoms with Gasteiger partial charge in [-0.15, -0.1) is 0 Å². The summed E-state index contributed by atoms with van der Waals surface area (Å²) in [4.78, 5) is 0. The van der Waals surface area contributed by atoms with E-state index in [-0.39, 0.29) is 5.75 Å². The lowest BCUT2D eigenvalue weighted by molar-refractivity contribution is 0.474. The van der Waals surface area contributed by atoms with E-state index >= 15 is 0 Å². The van der Waals surface area contributed by atoms with Crippen LogP contribution in [0.2, 0.25) is 0 Å². The number of halogens is 1. The summed E-state index contributed by atoms with van der Waals surface area (Å²) in [6.07, 6.45) is 1.51. The largest absolute Gasteiger partial charge is 0.507 e. The van der Waals surface area contributed by atoms with E-state index in [1.165, 1.54) is 10.9 Å². The number of rotatable bonds is 3. The molecule has 0 bridgehead atoms. The van der Waals surface area contributed by atoms with E-state index in [1.807, 2.05) is 13.0 Å². The smallest absolute Gasteiger partial charge is 0.216 e. The molecule has 1 aromatic carbocycles. The normalized spacial score (nSPS) is 11.4. The fourth-order valence-electron chi connectivity index (χ4n) is 1.85. The van der Waals surface area contributed by atoms with Gasteiger partial charge in [-0.2, -0.15) is 20.0 Å². The van der Waals surface area contributed by atoms with Crippen molar-refractivity contribution in [3.63, 3.8) is 0 Å². The van der Waals surface area contributed by atoms with Gasteiger partial charge in [0.15, 0.2) is 0 Å². The molecule has 3 N–H and O–H groups in total. The number of aryl methyl sites for hydroxylation is 1. The SMILES string of the molecule is Cc1cc(-c2n[nH]c(=S)n2/N=C/c2cc(Br)ccc2O)n[nH]1. The molecule has 0 unspecified atom stereocenters. The van der Waals surface area contributed by atoms with Crippen LogP contribution in [0.4, 0.5) is 0 Å². The average molecular weight is 379 g/mol. The molecule has 22 heavy (non-hydrogen) atoms. The minimum Gasteiger partial charge on any atom is -0.507 e. The van der Waals surface area contributed by atoms with Gasteiger partial charge in [-0.25, -0.2) is 5.10 Å². The van der Waals surface area contributed by atoms with Crippen LogP contribution in [-0.4, -0.2) is 36.4 Å². The summed E-state index contributed by atoms with van der Waals surface area (Å²) in [6.45, 7) is 1.89. The Balaban J connectivity index is 2.02. The first kappa shape index (κ1) is 14.7. The van der Waals surface area contributed by atoms with Crippen LogP contribution in [0.15, 0.2) is 33.8 Å². The number of phenols is 1. The van der Waals surface area contributed by atoms with E-state index in [9.17, 15) is 5.11 Å². The maximum atomic E-state index is 9.83. The van der Waals surface area contributed by atoms with Crippen molar-refractivity contribution < 1.29 is 5.11 Å². The summed E-state index contributed by atoms with van der Waals surface area (Å²) in [7, 11) is 0. The number of aromatic nitrogens is 5. The molecule has 2 heterocycles. The van der Waals surface area contributed by atoms with Crippen LogP contribution >= 0.6 is 28.1 Å². The first-order chi connectivity index (χ1) is 10.5. The zero-order valence-corrected chi connectivity index (χ0v) is 13.8. The molecule has 0 saturated carbocycles. The van der Waals surface area contributed by atoms with Gasteiger partial charge >= 0.3 is 0 Å². The molecular formula is C13H11BrN6OS. The lowest BCUT2D eigenvalue weighted by atomic mass is 10.2. The number of H-pyrrole nitrogens is 2. The molecule has 0 aliphatic carbocycles. The Labute approximate surface area is 138 Å². The van der Waals surface area contributed by atoms with E-state index < -0.39 is 0 Å². The van der Waals surface area contributed by atoms with Crippen molar-refractivity contribution in [3.05, 3.63) is 44.8 Å². The molecule has 0 radical (unpaired) electrons. The van der Waals surface area contributed by atoms with Crippen LogP contribution in [0.5, 0.6) is 5.75 Å². The van der Waals surface area contributed by atoms with Crippen molar-refractivity contribution in [3.8, 4) is 17.3 Å². The highest BCUT2D eigenvalue weighted by atomic mass is 79.9. The molecular weight excluding hydrogens is 368 g/mol. The highest BCUT2D eigenvalue weighted by molar-refractivity contribution is 9.10. The quantitative estimate of drug-likeness (QED) is 0.482. The minimum atomic E-state index is 0.124. The molecule has 0 amide bonds. The van der Waals surface area contributed by atoms with E-state index in [0.717, 1.165) is 10.2 Å². The van der Waals surface area contributed by atoms with Crippen LogP contribution in [0, 0.1) is 11.7 Å². The third-order valence-corrected chi connectivity index (χ3v) is 3.64. The Morgan fingerprint density at radius 3 is 2.86 bits per heavy atom. The maximum Gasteiger partial charge on any atom is 0.216 e. The maximum absolute atomic E-state index is 9.83. The third kappa shape index (κ3) is 2.85. The van der Waals surface area contributed by atoms with Gasteiger partial charge in [0.2, 0.25) is 10.6 Å². The number of phenolic OH excluding ortho intramolecular Hbond substituents is 1. The molecule has 9 heteroatoms. The Bertz CT molecular complexity index is 909. The van der Waals surface area contributed by atoms with Crippen molar-refractivity contribution >= 4 is 34.4 Å². The van der Waals surface area contributed by atoms with E-state index in [1.54, 1.807) is 18.2 Å². The van der Waals surface area contributed by atoms with Crippen molar-refractivity contribution in [1.29, 1.82) is 0 Å². The highest BCUT2D eigenvalue weighted by Gasteiger charge is 2.11. The molecule has 2 aromatic heterocycles. The predicted octanol–water partition coefficient (Wildman–Crippen LogP) is 2.99. The zero-order chi connectivity index (χ0) is 15.7. The molecule has 0 saturated heterocycles. The van der Waals surface area contributed by atoms with Crippen LogP contribution in [0.3, 0.4) is 0 Å². The van der Waals surface area contributed by atoms with Gasteiger partial charge in [-0.1, -0.05) is 15.9 Å². The van der Waals surface area contributed by atoms with E-state index in [4.69, 9.17) is 12.2 Å². The number of aromatic amines is 2. The lowest BCUT2D eigenvalue weighted by Crippen LogP contribution is -1.95. The summed E-state index contributed by atoms with van der Waals surface area (Å²) >= 11 is 8.53. The summed E-state index contributed by atoms with van der Waals surface area (Å²) in [5.41, 5.74) is 2.09. The van der Waals surface area contributed by atoms with Gasteiger partial charge in [0, 0.05) is 15.7 Å². The Morgan fingerprint density at radius 1 is 1.32 bits per heavy atom. The first-order valence-electron chi connectivity index (χ1n) is 6.27. The fraction of sp³-hybridized carbons (Fsp3) is 0.0769. The summed E-state index contributed by atoms with van der Waals surface area (Å²) in [5.74, 6) is 0.610. The van der Waals surface area contributed by atoms with E-state index in [0.29, 0.717) is 21.9 Å². The number of nitrogens with one attached hydrogen (secondary N) is 2. The fourth-order valence-corrected chi connectivity index (χ4v) is 2.40. The van der Waals surface area contributed by atoms with Crippen LogP contribution < -0.4 is 0 Å². The number of benzene rings is 1. The zero-order valence-electron chi connectivity index (χ0n) is 11.4. The van der Waals surface area contributed by atoms with Crippen LogP contribution in [0.1, 0.15) is 11.3 Å². The number of nitrogens with zero attached hydrogens (tertiary/aromatic N) is 4. The minimum absolute atomic E-state index is 0.124. The van der Waals surface area contributed by atoms with Crippen molar-refractivity contribution in [2.24, 2.45) is 5.10 Å². The van der Waals surface area contributed by atoms with Crippen molar-refractivity contribution in [1.82, 2.24) is 25.1 Å². The molecule has 0 spiro atoms. The van der Waals surface area contributed by atoms with Crippen molar-refractivity contribution in [2.45, 2.75) is 6.92 Å². The Morgan fingerprint density at radius 2 is 2.14 bits per heavy atom. The first-order valence-corrected chi connectivity index (χ1v) is 7.47. The molecule has 3 aromatic rings. The standard InChI is InChI=1S/C13H11BrN6OS/c1-7-4-10(17-16-7)12-18-19-13(22)20(12)15-6-8-5-9(14)2-3-11(8)21/h2-6,21H,1H3,(H,16,17)(H,19,22)/b15-6+. The second-order valence-corrected chi connectivity index (χ2v) is 5.85. The molecule has 0 aliphatic heterocycles. The van der Waals surface area contributed by atoms with Gasteiger partial charge in [-0.3, -0.25) is 5.10 Å².